The van der Waals surface area contributed by atoms with Gasteiger partial charge in [-0.2, -0.15) is 5.06 Å². The lowest BCUT2D eigenvalue weighted by atomic mass is 9.79. The summed E-state index contributed by atoms with van der Waals surface area (Å²) in [5, 5.41) is 5.37. The summed E-state index contributed by atoms with van der Waals surface area (Å²) in [7, 11) is 0. The monoisotopic (exact) mass is 420 g/mol. The first-order valence-corrected chi connectivity index (χ1v) is 11.5. The van der Waals surface area contributed by atoms with Crippen molar-refractivity contribution >= 4 is 5.91 Å². The third kappa shape index (κ3) is 4.16. The molecule has 0 unspecified atom stereocenters. The van der Waals surface area contributed by atoms with Gasteiger partial charge in [-0.3, -0.25) is 9.63 Å². The quantitative estimate of drug-likeness (QED) is 0.688. The van der Waals surface area contributed by atoms with Crippen LogP contribution in [0.15, 0.2) is 54.6 Å². The van der Waals surface area contributed by atoms with E-state index < -0.39 is 0 Å². The summed E-state index contributed by atoms with van der Waals surface area (Å²) in [6, 6.07) is 19.6. The molecule has 0 radical (unpaired) electrons. The number of carbonyl (C=O) groups excluding carboxylic acids is 1. The van der Waals surface area contributed by atoms with Crippen molar-refractivity contribution in [2.24, 2.45) is 0 Å². The average molecular weight is 421 g/mol. The van der Waals surface area contributed by atoms with Crippen molar-refractivity contribution in [3.05, 3.63) is 71.3 Å². The van der Waals surface area contributed by atoms with Crippen LogP contribution >= 0.6 is 0 Å². The number of nitrogens with one attached hydrogen (secondary N) is 1. The van der Waals surface area contributed by atoms with Gasteiger partial charge < -0.3 is 5.32 Å². The van der Waals surface area contributed by atoms with Crippen LogP contribution in [0.5, 0.6) is 0 Å². The van der Waals surface area contributed by atoms with E-state index in [4.69, 9.17) is 4.84 Å². The molecule has 4 rings (SSSR count). The Bertz CT molecular complexity index is 919. The molecule has 1 heterocycles. The fourth-order valence-corrected chi connectivity index (χ4v) is 6.15. The first-order valence-electron chi connectivity index (χ1n) is 11.5. The molecule has 2 aliphatic rings. The molecule has 0 bridgehead atoms. The highest BCUT2D eigenvalue weighted by atomic mass is 16.7. The molecule has 1 saturated heterocycles. The van der Waals surface area contributed by atoms with Crippen molar-refractivity contribution < 1.29 is 9.63 Å². The number of carbonyl (C=O) groups is 1. The fraction of sp³-hybridized carbons (Fsp3) is 0.519. The van der Waals surface area contributed by atoms with Crippen LogP contribution in [0.3, 0.4) is 0 Å². The van der Waals surface area contributed by atoms with Crippen LogP contribution in [-0.2, 0) is 9.63 Å². The lowest BCUT2D eigenvalue weighted by Gasteiger charge is -2.55. The van der Waals surface area contributed by atoms with Gasteiger partial charge in [0.1, 0.15) is 6.10 Å². The summed E-state index contributed by atoms with van der Waals surface area (Å²) in [6.07, 6.45) is 1.68. The Morgan fingerprint density at radius 1 is 0.935 bits per heavy atom. The highest BCUT2D eigenvalue weighted by Gasteiger charge is 2.50. The fourth-order valence-electron chi connectivity index (χ4n) is 6.15. The van der Waals surface area contributed by atoms with E-state index in [-0.39, 0.29) is 35.0 Å². The molecule has 0 spiro atoms. The molecule has 1 N–H and O–H groups in total. The first-order chi connectivity index (χ1) is 14.6. The van der Waals surface area contributed by atoms with Crippen molar-refractivity contribution in [3.63, 3.8) is 0 Å². The minimum absolute atomic E-state index is 0.0358. The van der Waals surface area contributed by atoms with Gasteiger partial charge in [-0.15, -0.1) is 0 Å². The molecule has 1 aliphatic carbocycles. The average Bonchev–Trinajstić information content (AvgIpc) is 2.96. The maximum absolute atomic E-state index is 11.7. The predicted octanol–water partition coefficient (Wildman–Crippen LogP) is 5.72. The van der Waals surface area contributed by atoms with E-state index in [0.717, 1.165) is 12.8 Å². The van der Waals surface area contributed by atoms with Crippen LogP contribution < -0.4 is 5.32 Å². The van der Waals surface area contributed by atoms with Gasteiger partial charge in [0.25, 0.3) is 0 Å². The molecule has 166 valence electrons. The lowest BCUT2D eigenvalue weighted by molar-refractivity contribution is -0.312. The minimum Gasteiger partial charge on any atom is -0.353 e. The number of hydroxylamine groups is 2. The molecule has 1 aliphatic heterocycles. The topological polar surface area (TPSA) is 41.6 Å². The van der Waals surface area contributed by atoms with E-state index in [9.17, 15) is 4.79 Å². The number of nitrogens with zero attached hydrogens (tertiary/aromatic N) is 1. The van der Waals surface area contributed by atoms with Crippen molar-refractivity contribution in [1.29, 1.82) is 0 Å². The Morgan fingerprint density at radius 3 is 2.06 bits per heavy atom. The third-order valence-electron chi connectivity index (χ3n) is 7.06. The van der Waals surface area contributed by atoms with Crippen molar-refractivity contribution in [1.82, 2.24) is 10.4 Å². The Kier molecular flexibility index (Phi) is 5.74. The van der Waals surface area contributed by atoms with Crippen LogP contribution in [0.25, 0.3) is 0 Å². The number of benzene rings is 2. The van der Waals surface area contributed by atoms with E-state index in [1.165, 1.54) is 16.7 Å². The molecular formula is C27H36N2O2. The third-order valence-corrected chi connectivity index (χ3v) is 7.06. The summed E-state index contributed by atoms with van der Waals surface area (Å²) < 4.78 is 0. The summed E-state index contributed by atoms with van der Waals surface area (Å²) in [6.45, 7) is 12.8. The van der Waals surface area contributed by atoms with Gasteiger partial charge in [-0.1, -0.05) is 61.5 Å². The summed E-state index contributed by atoms with van der Waals surface area (Å²) in [4.78, 5) is 18.7. The molecule has 1 fully saturated rings. The second kappa shape index (κ2) is 8.07. The van der Waals surface area contributed by atoms with E-state index in [0.29, 0.717) is 5.92 Å². The summed E-state index contributed by atoms with van der Waals surface area (Å²) >= 11 is 0. The molecule has 3 atom stereocenters. The standard InChI is InChI=1S/C27H36N2O2/c1-18-22-14-10-11-15-23(22)25(24(18)20-12-8-7-9-13-20)31-29-26(3,4)16-21(28-19(2)30)17-27(29,5)6/h7-15,18,21,24-25H,16-17H2,1-6H3,(H,28,30)/t18-,24-,25+/m0/s1. The Morgan fingerprint density at radius 2 is 1.48 bits per heavy atom. The SMILES string of the molecule is CC(=O)NC1CC(C)(C)N(O[C@@H]2c3ccccc3[C@H](C)[C@H]2c2ccccc2)C(C)(C)C1. The van der Waals surface area contributed by atoms with Gasteiger partial charge in [0.05, 0.1) is 0 Å². The van der Waals surface area contributed by atoms with Crippen molar-refractivity contribution in [3.8, 4) is 0 Å². The molecule has 0 saturated carbocycles. The zero-order chi connectivity index (χ0) is 22.4. The number of hydrogen-bond acceptors (Lipinski definition) is 3. The molecule has 2 aromatic rings. The van der Waals surface area contributed by atoms with Crippen LogP contribution in [0.4, 0.5) is 0 Å². The minimum atomic E-state index is -0.211. The van der Waals surface area contributed by atoms with Crippen LogP contribution in [0.2, 0.25) is 0 Å². The Balaban J connectivity index is 1.69. The largest absolute Gasteiger partial charge is 0.353 e. The molecule has 4 nitrogen and oxygen atoms in total. The van der Waals surface area contributed by atoms with Gasteiger partial charge in [-0.05, 0) is 63.1 Å². The smallest absolute Gasteiger partial charge is 0.217 e. The first kappa shape index (κ1) is 22.0. The summed E-state index contributed by atoms with van der Waals surface area (Å²) in [5.41, 5.74) is 3.57. The molecule has 4 heteroatoms. The van der Waals surface area contributed by atoms with Gasteiger partial charge >= 0.3 is 0 Å². The lowest BCUT2D eigenvalue weighted by Crippen LogP contribution is -2.64. The van der Waals surface area contributed by atoms with Crippen LogP contribution in [0.1, 0.15) is 89.0 Å². The number of rotatable bonds is 4. The van der Waals surface area contributed by atoms with E-state index in [1.807, 2.05) is 0 Å². The predicted molar refractivity (Wildman–Crippen MR) is 125 cm³/mol. The second-order valence-electron chi connectivity index (χ2n) is 10.6. The van der Waals surface area contributed by atoms with E-state index >= 15 is 0 Å². The number of piperidine rings is 1. The zero-order valence-corrected chi connectivity index (χ0v) is 19.7. The van der Waals surface area contributed by atoms with Crippen LogP contribution in [-0.4, -0.2) is 28.1 Å². The highest BCUT2D eigenvalue weighted by molar-refractivity contribution is 5.73. The van der Waals surface area contributed by atoms with Crippen molar-refractivity contribution in [2.75, 3.05) is 0 Å². The van der Waals surface area contributed by atoms with Crippen molar-refractivity contribution in [2.45, 2.75) is 89.4 Å². The van der Waals surface area contributed by atoms with Gasteiger partial charge in [0.2, 0.25) is 5.91 Å². The second-order valence-corrected chi connectivity index (χ2v) is 10.6. The Hall–Kier alpha value is -2.17. The molecule has 1 amide bonds. The normalized spacial score (nSPS) is 27.6. The highest BCUT2D eigenvalue weighted by Crippen LogP contribution is 2.54. The number of hydrogen-bond donors (Lipinski definition) is 1. The van der Waals surface area contributed by atoms with E-state index in [1.54, 1.807) is 6.92 Å². The zero-order valence-electron chi connectivity index (χ0n) is 19.7. The Labute approximate surface area is 186 Å². The van der Waals surface area contributed by atoms with Gasteiger partial charge in [0, 0.05) is 30.0 Å². The maximum atomic E-state index is 11.7. The van der Waals surface area contributed by atoms with Crippen LogP contribution in [0, 0.1) is 0 Å². The summed E-state index contributed by atoms with van der Waals surface area (Å²) in [5.74, 6) is 0.679. The van der Waals surface area contributed by atoms with Gasteiger partial charge in [-0.25, -0.2) is 0 Å². The molecule has 31 heavy (non-hydrogen) atoms. The molecule has 0 aromatic heterocycles. The molecular weight excluding hydrogens is 384 g/mol. The number of fused-ring (bicyclic) bond motifs is 1. The maximum Gasteiger partial charge on any atom is 0.217 e. The van der Waals surface area contributed by atoms with Gasteiger partial charge in [0.15, 0.2) is 0 Å². The molecule has 2 aromatic carbocycles. The van der Waals surface area contributed by atoms with E-state index in [2.05, 4.69) is 99.6 Å². The number of amides is 1.